The van der Waals surface area contributed by atoms with Crippen LogP contribution >= 0.6 is 0 Å². The molecule has 0 bridgehead atoms. The molecular weight excluding hydrogens is 482 g/mol. The maximum Gasteiger partial charge on any atom is 0.171 e. The van der Waals surface area contributed by atoms with E-state index < -0.39 is 11.8 Å². The van der Waals surface area contributed by atoms with Gasteiger partial charge in [-0.15, -0.1) is 6.58 Å². The molecule has 0 aliphatic rings. The van der Waals surface area contributed by atoms with E-state index in [0.29, 0.717) is 13.0 Å². The highest BCUT2D eigenvalue weighted by Gasteiger charge is 2.42. The summed E-state index contributed by atoms with van der Waals surface area (Å²) in [7, 11) is 0. The quantitative estimate of drug-likeness (QED) is 0.0775. The molecule has 4 aromatic rings. The number of rotatable bonds is 11. The normalized spacial score (nSPS) is 11.7. The van der Waals surface area contributed by atoms with Crippen LogP contribution in [-0.4, -0.2) is 38.8 Å². The third-order valence-electron chi connectivity index (χ3n) is 6.14. The van der Waals surface area contributed by atoms with Crippen LogP contribution in [0.15, 0.2) is 145 Å². The van der Waals surface area contributed by atoms with Gasteiger partial charge in [-0.3, -0.25) is 9.99 Å². The maximum absolute atomic E-state index is 9.37. The fourth-order valence-electron chi connectivity index (χ4n) is 4.57. The molecule has 39 heavy (non-hydrogen) atoms. The molecule has 3 aromatic carbocycles. The minimum atomic E-state index is -1.53. The molecule has 0 fully saturated rings. The molecule has 1 aromatic heterocycles. The minimum Gasteiger partial charge on any atom is -0.365 e. The number of aromatic nitrogens is 1. The molecule has 5 nitrogen and oxygen atoms in total. The Labute approximate surface area is 232 Å². The van der Waals surface area contributed by atoms with Gasteiger partial charge in [-0.1, -0.05) is 117 Å². The number of aliphatic hydroxyl groups excluding tert-OH is 1. The molecule has 2 N–H and O–H groups in total. The van der Waals surface area contributed by atoms with E-state index in [1.807, 2.05) is 86.7 Å². The SMILES string of the molecule is C=CCN(/N=C(\C/C=C/C(O)O)c1ccncc1)C(c1ccccc1)(c1ccccc1)c1ccccc1.CC. The van der Waals surface area contributed by atoms with Crippen molar-refractivity contribution < 1.29 is 10.2 Å². The monoisotopic (exact) mass is 519 g/mol. The molecule has 1 heterocycles. The molecule has 0 aliphatic heterocycles. The highest BCUT2D eigenvalue weighted by atomic mass is 16.5. The van der Waals surface area contributed by atoms with Crippen LogP contribution in [0.5, 0.6) is 0 Å². The van der Waals surface area contributed by atoms with Gasteiger partial charge in [0.25, 0.3) is 0 Å². The first-order valence-electron chi connectivity index (χ1n) is 13.2. The molecule has 0 unspecified atom stereocenters. The summed E-state index contributed by atoms with van der Waals surface area (Å²) in [5.41, 5.74) is 4.07. The van der Waals surface area contributed by atoms with Gasteiger partial charge >= 0.3 is 0 Å². The van der Waals surface area contributed by atoms with E-state index in [1.165, 1.54) is 6.08 Å². The fourth-order valence-corrected chi connectivity index (χ4v) is 4.57. The maximum atomic E-state index is 9.37. The second kappa shape index (κ2) is 15.2. The average Bonchev–Trinajstić information content (AvgIpc) is 3.00. The molecule has 0 radical (unpaired) electrons. The van der Waals surface area contributed by atoms with Gasteiger partial charge in [0.15, 0.2) is 6.29 Å². The summed E-state index contributed by atoms with van der Waals surface area (Å²) in [5.74, 6) is 0. The average molecular weight is 520 g/mol. The first-order chi connectivity index (χ1) is 19.2. The summed E-state index contributed by atoms with van der Waals surface area (Å²) in [5, 5.41) is 26.1. The minimum absolute atomic E-state index is 0.393. The van der Waals surface area contributed by atoms with Crippen molar-refractivity contribution in [2.24, 2.45) is 5.10 Å². The van der Waals surface area contributed by atoms with E-state index in [2.05, 4.69) is 53.0 Å². The van der Waals surface area contributed by atoms with E-state index in [9.17, 15) is 10.2 Å². The Hall–Kier alpha value is -4.32. The number of pyridine rings is 1. The van der Waals surface area contributed by atoms with Gasteiger partial charge in [0.1, 0.15) is 5.54 Å². The van der Waals surface area contributed by atoms with Crippen LogP contribution in [0.25, 0.3) is 0 Å². The molecule has 0 aliphatic carbocycles. The van der Waals surface area contributed by atoms with Crippen LogP contribution in [-0.2, 0) is 5.54 Å². The standard InChI is InChI=1S/C32H31N3O2.C2H6/c1-2-25-35(34-30(19-12-20-31(36)37)26-21-23-33-24-22-26)32(27-13-6-3-7-14-27,28-15-8-4-9-16-28)29-17-10-5-11-18-29;1-2/h2-18,20-24,31,36-37H,1,19,25H2;1-2H3/b20-12+,34-30+;. The van der Waals surface area contributed by atoms with Crippen molar-refractivity contribution in [3.8, 4) is 0 Å². The lowest BCUT2D eigenvalue weighted by molar-refractivity contribution is 0.00223. The molecule has 0 spiro atoms. The second-order valence-electron chi connectivity index (χ2n) is 8.51. The zero-order valence-corrected chi connectivity index (χ0v) is 22.6. The molecular formula is C34H37N3O2. The van der Waals surface area contributed by atoms with Crippen molar-refractivity contribution >= 4 is 5.71 Å². The molecule has 4 rings (SSSR count). The van der Waals surface area contributed by atoms with Crippen LogP contribution in [0.3, 0.4) is 0 Å². The number of benzene rings is 3. The molecule has 200 valence electrons. The van der Waals surface area contributed by atoms with Gasteiger partial charge in [0, 0.05) is 24.4 Å². The van der Waals surface area contributed by atoms with Gasteiger partial charge in [-0.25, -0.2) is 0 Å². The lowest BCUT2D eigenvalue weighted by Gasteiger charge is -2.44. The zero-order chi connectivity index (χ0) is 27.9. The van der Waals surface area contributed by atoms with E-state index >= 15 is 0 Å². The van der Waals surface area contributed by atoms with Crippen LogP contribution in [0.2, 0.25) is 0 Å². The topological polar surface area (TPSA) is 69.0 Å². The molecule has 5 heteroatoms. The van der Waals surface area contributed by atoms with Gasteiger partial charge in [-0.05, 0) is 34.9 Å². The summed E-state index contributed by atoms with van der Waals surface area (Å²) in [6.07, 6.45) is 7.23. The van der Waals surface area contributed by atoms with Crippen molar-refractivity contribution in [3.63, 3.8) is 0 Å². The van der Waals surface area contributed by atoms with E-state index in [-0.39, 0.29) is 0 Å². The Bertz CT molecular complexity index is 1210. The van der Waals surface area contributed by atoms with Crippen LogP contribution < -0.4 is 0 Å². The highest BCUT2D eigenvalue weighted by molar-refractivity contribution is 6.01. The van der Waals surface area contributed by atoms with Crippen LogP contribution in [0.1, 0.15) is 42.5 Å². The van der Waals surface area contributed by atoms with Gasteiger partial charge in [0.05, 0.1) is 12.3 Å². The number of hydrazone groups is 1. The summed E-state index contributed by atoms with van der Waals surface area (Å²) in [6.45, 7) is 8.52. The second-order valence-corrected chi connectivity index (χ2v) is 8.51. The lowest BCUT2D eigenvalue weighted by Crippen LogP contribution is -2.46. The van der Waals surface area contributed by atoms with Crippen molar-refractivity contribution in [3.05, 3.63) is 163 Å². The van der Waals surface area contributed by atoms with Gasteiger partial charge in [-0.2, -0.15) is 5.10 Å². The van der Waals surface area contributed by atoms with Crippen molar-refractivity contribution in [1.82, 2.24) is 9.99 Å². The van der Waals surface area contributed by atoms with Gasteiger partial charge < -0.3 is 10.2 Å². The van der Waals surface area contributed by atoms with E-state index in [1.54, 1.807) is 18.5 Å². The van der Waals surface area contributed by atoms with Crippen LogP contribution in [0, 0.1) is 0 Å². The molecule has 0 saturated carbocycles. The van der Waals surface area contributed by atoms with Crippen LogP contribution in [0.4, 0.5) is 0 Å². The predicted molar refractivity (Wildman–Crippen MR) is 160 cm³/mol. The fraction of sp³-hybridized carbons (Fsp3) is 0.176. The Morgan fingerprint density at radius 3 is 1.69 bits per heavy atom. The first-order valence-corrected chi connectivity index (χ1v) is 13.2. The molecule has 0 amide bonds. The number of allylic oxidation sites excluding steroid dienone is 1. The molecule has 0 atom stereocenters. The Balaban J connectivity index is 0.00000205. The first kappa shape index (κ1) is 29.2. The lowest BCUT2D eigenvalue weighted by atomic mass is 9.76. The summed E-state index contributed by atoms with van der Waals surface area (Å²) >= 11 is 0. The number of nitrogens with zero attached hydrogens (tertiary/aromatic N) is 3. The third-order valence-corrected chi connectivity index (χ3v) is 6.14. The summed E-state index contributed by atoms with van der Waals surface area (Å²) < 4.78 is 0. The predicted octanol–water partition coefficient (Wildman–Crippen LogP) is 6.55. The number of aliphatic hydroxyl groups is 2. The zero-order valence-electron chi connectivity index (χ0n) is 22.6. The van der Waals surface area contributed by atoms with Crippen molar-refractivity contribution in [2.75, 3.05) is 6.54 Å². The Kier molecular flexibility index (Phi) is 11.4. The Morgan fingerprint density at radius 1 is 0.821 bits per heavy atom. The Morgan fingerprint density at radius 2 is 1.28 bits per heavy atom. The summed E-state index contributed by atoms with van der Waals surface area (Å²) in [4.78, 5) is 4.16. The number of hydrogen-bond acceptors (Lipinski definition) is 5. The number of hydrogen-bond donors (Lipinski definition) is 2. The summed E-state index contributed by atoms with van der Waals surface area (Å²) in [6, 6.07) is 34.9. The third kappa shape index (κ3) is 7.17. The smallest absolute Gasteiger partial charge is 0.171 e. The molecule has 0 saturated heterocycles. The van der Waals surface area contributed by atoms with Gasteiger partial charge in [0.2, 0.25) is 0 Å². The highest BCUT2D eigenvalue weighted by Crippen LogP contribution is 2.42. The van der Waals surface area contributed by atoms with E-state index in [4.69, 9.17) is 5.10 Å². The van der Waals surface area contributed by atoms with Crippen molar-refractivity contribution in [2.45, 2.75) is 32.1 Å². The largest absolute Gasteiger partial charge is 0.365 e. The van der Waals surface area contributed by atoms with E-state index in [0.717, 1.165) is 28.0 Å². The van der Waals surface area contributed by atoms with Crippen molar-refractivity contribution in [1.29, 1.82) is 0 Å².